The molecule has 0 N–H and O–H groups in total. The van der Waals surface area contributed by atoms with Crippen LogP contribution in [0.5, 0.6) is 0 Å². The van der Waals surface area contributed by atoms with E-state index in [4.69, 9.17) is 4.52 Å². The Morgan fingerprint density at radius 2 is 2.08 bits per heavy atom. The van der Waals surface area contributed by atoms with Gasteiger partial charge in [0.1, 0.15) is 0 Å². The second-order valence-corrected chi connectivity index (χ2v) is 7.52. The number of benzene rings is 1. The smallest absolute Gasteiger partial charge is 0.231 e. The lowest BCUT2D eigenvalue weighted by Gasteiger charge is -2.31. The minimum Gasteiger partial charge on any atom is -0.342 e. The molecule has 1 amide bonds. The third-order valence-electron chi connectivity index (χ3n) is 5.14. The third kappa shape index (κ3) is 4.32. The number of aromatic nitrogens is 2. The van der Waals surface area contributed by atoms with Gasteiger partial charge in [0.15, 0.2) is 0 Å². The Morgan fingerprint density at radius 1 is 1.31 bits per heavy atom. The molecule has 0 aliphatic carbocycles. The third-order valence-corrected chi connectivity index (χ3v) is 5.14. The molecule has 2 aromatic rings. The summed E-state index contributed by atoms with van der Waals surface area (Å²) in [4.78, 5) is 18.9. The van der Waals surface area contributed by atoms with Crippen LogP contribution >= 0.6 is 0 Å². The number of piperidine rings is 1. The Kier molecular flexibility index (Phi) is 6.07. The van der Waals surface area contributed by atoms with Gasteiger partial charge in [-0.2, -0.15) is 4.98 Å². The molecular formula is C21H29N3O2. The van der Waals surface area contributed by atoms with Crippen molar-refractivity contribution in [2.45, 2.75) is 64.7 Å². The Bertz CT molecular complexity index is 721. The second kappa shape index (κ2) is 8.47. The van der Waals surface area contributed by atoms with Crippen molar-refractivity contribution in [3.63, 3.8) is 0 Å². The van der Waals surface area contributed by atoms with Gasteiger partial charge < -0.3 is 9.42 Å². The number of amides is 1. The highest BCUT2D eigenvalue weighted by atomic mass is 16.5. The molecule has 26 heavy (non-hydrogen) atoms. The van der Waals surface area contributed by atoms with E-state index in [-0.39, 0.29) is 11.8 Å². The molecule has 1 unspecified atom stereocenters. The minimum absolute atomic E-state index is 0.144. The van der Waals surface area contributed by atoms with Crippen LogP contribution in [-0.2, 0) is 4.79 Å². The van der Waals surface area contributed by atoms with Gasteiger partial charge in [0.2, 0.25) is 17.6 Å². The van der Waals surface area contributed by atoms with E-state index in [0.717, 1.165) is 37.8 Å². The molecule has 2 heterocycles. The van der Waals surface area contributed by atoms with E-state index in [2.05, 4.69) is 43.0 Å². The standard InChI is InChI=1S/C21H29N3O2/c1-4-5-8-19(25)24-13-6-7-18(14-24)21-22-20(23-26-21)17-11-9-16(10-12-17)15(2)3/h9-12,15,18H,4-8,13-14H2,1-3H3. The summed E-state index contributed by atoms with van der Waals surface area (Å²) in [6, 6.07) is 8.33. The number of hydrogen-bond donors (Lipinski definition) is 0. The first-order chi connectivity index (χ1) is 12.6. The lowest BCUT2D eigenvalue weighted by Crippen LogP contribution is -2.39. The summed E-state index contributed by atoms with van der Waals surface area (Å²) in [7, 11) is 0. The van der Waals surface area contributed by atoms with E-state index in [1.165, 1.54) is 5.56 Å². The van der Waals surface area contributed by atoms with Crippen LogP contribution in [0.4, 0.5) is 0 Å². The van der Waals surface area contributed by atoms with Crippen molar-refractivity contribution in [2.24, 2.45) is 0 Å². The highest BCUT2D eigenvalue weighted by Crippen LogP contribution is 2.28. The first-order valence-corrected chi connectivity index (χ1v) is 9.80. The summed E-state index contributed by atoms with van der Waals surface area (Å²) < 4.78 is 5.55. The average Bonchev–Trinajstić information content (AvgIpc) is 3.16. The van der Waals surface area contributed by atoms with Crippen molar-refractivity contribution in [3.8, 4) is 11.4 Å². The number of nitrogens with zero attached hydrogens (tertiary/aromatic N) is 3. The van der Waals surface area contributed by atoms with Gasteiger partial charge in [-0.15, -0.1) is 0 Å². The maximum Gasteiger partial charge on any atom is 0.231 e. The molecule has 1 atom stereocenters. The molecule has 0 radical (unpaired) electrons. The zero-order valence-electron chi connectivity index (χ0n) is 16.1. The molecule has 1 aromatic heterocycles. The largest absolute Gasteiger partial charge is 0.342 e. The van der Waals surface area contributed by atoms with Crippen LogP contribution in [0.15, 0.2) is 28.8 Å². The predicted octanol–water partition coefficient (Wildman–Crippen LogP) is 4.76. The fraction of sp³-hybridized carbons (Fsp3) is 0.571. The van der Waals surface area contributed by atoms with Crippen molar-refractivity contribution >= 4 is 5.91 Å². The minimum atomic E-state index is 0.144. The fourth-order valence-electron chi connectivity index (χ4n) is 3.43. The van der Waals surface area contributed by atoms with Gasteiger partial charge in [0, 0.05) is 25.1 Å². The second-order valence-electron chi connectivity index (χ2n) is 7.52. The topological polar surface area (TPSA) is 59.2 Å². The monoisotopic (exact) mass is 355 g/mol. The van der Waals surface area contributed by atoms with Crippen LogP contribution in [0, 0.1) is 0 Å². The van der Waals surface area contributed by atoms with Crippen molar-refractivity contribution in [1.82, 2.24) is 15.0 Å². The molecule has 1 saturated heterocycles. The quantitative estimate of drug-likeness (QED) is 0.750. The summed E-state index contributed by atoms with van der Waals surface area (Å²) in [5.41, 5.74) is 2.27. The maximum absolute atomic E-state index is 12.3. The molecule has 3 rings (SSSR count). The van der Waals surface area contributed by atoms with E-state index in [1.807, 2.05) is 17.0 Å². The van der Waals surface area contributed by atoms with Gasteiger partial charge in [-0.25, -0.2) is 0 Å². The van der Waals surface area contributed by atoms with Crippen molar-refractivity contribution < 1.29 is 9.32 Å². The summed E-state index contributed by atoms with van der Waals surface area (Å²) in [6.07, 6.45) is 4.62. The molecule has 1 aliphatic rings. The van der Waals surface area contributed by atoms with Crippen molar-refractivity contribution in [1.29, 1.82) is 0 Å². The van der Waals surface area contributed by atoms with Crippen molar-refractivity contribution in [2.75, 3.05) is 13.1 Å². The van der Waals surface area contributed by atoms with Gasteiger partial charge in [-0.05, 0) is 30.7 Å². The van der Waals surface area contributed by atoms with Crippen LogP contribution in [0.25, 0.3) is 11.4 Å². The number of unbranched alkanes of at least 4 members (excludes halogenated alkanes) is 1. The highest BCUT2D eigenvalue weighted by Gasteiger charge is 2.28. The van der Waals surface area contributed by atoms with Gasteiger partial charge in [-0.3, -0.25) is 4.79 Å². The molecule has 1 fully saturated rings. The summed E-state index contributed by atoms with van der Waals surface area (Å²) in [5, 5.41) is 4.17. The molecule has 0 spiro atoms. The first kappa shape index (κ1) is 18.6. The fourth-order valence-corrected chi connectivity index (χ4v) is 3.43. The summed E-state index contributed by atoms with van der Waals surface area (Å²) in [5.74, 6) is 2.18. The van der Waals surface area contributed by atoms with Gasteiger partial charge in [0.05, 0.1) is 5.92 Å². The maximum atomic E-state index is 12.3. The highest BCUT2D eigenvalue weighted by molar-refractivity contribution is 5.76. The zero-order chi connectivity index (χ0) is 18.5. The van der Waals surface area contributed by atoms with Crippen LogP contribution in [0.1, 0.15) is 76.2 Å². The van der Waals surface area contributed by atoms with Crippen LogP contribution in [-0.4, -0.2) is 34.0 Å². The number of likely N-dealkylation sites (tertiary alicyclic amines) is 1. The molecule has 5 heteroatoms. The molecule has 0 bridgehead atoms. The SMILES string of the molecule is CCCCC(=O)N1CCCC(c2nc(-c3ccc(C(C)C)cc3)no2)C1. The Labute approximate surface area is 155 Å². The van der Waals surface area contributed by atoms with E-state index < -0.39 is 0 Å². The molecular weight excluding hydrogens is 326 g/mol. The zero-order valence-corrected chi connectivity index (χ0v) is 16.1. The van der Waals surface area contributed by atoms with E-state index in [9.17, 15) is 4.79 Å². The molecule has 0 saturated carbocycles. The Balaban J connectivity index is 1.68. The first-order valence-electron chi connectivity index (χ1n) is 9.80. The summed E-state index contributed by atoms with van der Waals surface area (Å²) in [6.45, 7) is 8.00. The molecule has 5 nitrogen and oxygen atoms in total. The van der Waals surface area contributed by atoms with E-state index >= 15 is 0 Å². The number of carbonyl (C=O) groups excluding carboxylic acids is 1. The summed E-state index contributed by atoms with van der Waals surface area (Å²) >= 11 is 0. The van der Waals surface area contributed by atoms with Crippen LogP contribution < -0.4 is 0 Å². The Morgan fingerprint density at radius 3 is 2.77 bits per heavy atom. The van der Waals surface area contributed by atoms with E-state index in [1.54, 1.807) is 0 Å². The van der Waals surface area contributed by atoms with Crippen LogP contribution in [0.2, 0.25) is 0 Å². The predicted molar refractivity (Wildman–Crippen MR) is 102 cm³/mol. The number of rotatable bonds is 6. The van der Waals surface area contributed by atoms with Crippen LogP contribution in [0.3, 0.4) is 0 Å². The number of carbonyl (C=O) groups is 1. The normalized spacial score (nSPS) is 17.7. The molecule has 140 valence electrons. The van der Waals surface area contributed by atoms with Gasteiger partial charge in [0.25, 0.3) is 0 Å². The van der Waals surface area contributed by atoms with E-state index in [0.29, 0.717) is 30.6 Å². The van der Waals surface area contributed by atoms with Gasteiger partial charge in [-0.1, -0.05) is 56.6 Å². The number of hydrogen-bond acceptors (Lipinski definition) is 4. The Hall–Kier alpha value is -2.17. The molecule has 1 aromatic carbocycles. The van der Waals surface area contributed by atoms with Crippen molar-refractivity contribution in [3.05, 3.63) is 35.7 Å². The lowest BCUT2D eigenvalue weighted by atomic mass is 9.97. The lowest BCUT2D eigenvalue weighted by molar-refractivity contribution is -0.132. The molecule has 1 aliphatic heterocycles. The average molecular weight is 355 g/mol. The van der Waals surface area contributed by atoms with Gasteiger partial charge >= 0.3 is 0 Å².